The second kappa shape index (κ2) is 7.70. The minimum atomic E-state index is -3.27. The quantitative estimate of drug-likeness (QED) is 0.831. The zero-order valence-corrected chi connectivity index (χ0v) is 14.4. The molecule has 2 saturated heterocycles. The van der Waals surface area contributed by atoms with Crippen LogP contribution in [0.4, 0.5) is 0 Å². The van der Waals surface area contributed by atoms with Crippen molar-refractivity contribution in [1.82, 2.24) is 18.5 Å². The van der Waals surface area contributed by atoms with Crippen LogP contribution in [0.5, 0.6) is 0 Å². The maximum Gasteiger partial charge on any atom is 0.282 e. The first-order valence-electron chi connectivity index (χ1n) is 8.53. The number of aromatic nitrogens is 1. The van der Waals surface area contributed by atoms with E-state index in [1.54, 1.807) is 21.0 Å². The van der Waals surface area contributed by atoms with Crippen molar-refractivity contribution in [1.29, 1.82) is 0 Å². The van der Waals surface area contributed by atoms with E-state index in [2.05, 4.69) is 9.88 Å². The highest BCUT2D eigenvalue weighted by Crippen LogP contribution is 2.18. The summed E-state index contributed by atoms with van der Waals surface area (Å²) in [6, 6.07) is 4.03. The fourth-order valence-electron chi connectivity index (χ4n) is 3.30. The molecule has 2 aliphatic rings. The number of nitrogens with zero attached hydrogens (tertiary/aromatic N) is 4. The molecule has 1 aromatic rings. The molecule has 3 rings (SSSR count). The van der Waals surface area contributed by atoms with Crippen molar-refractivity contribution >= 4 is 10.2 Å². The molecule has 6 nitrogen and oxygen atoms in total. The van der Waals surface area contributed by atoms with Crippen LogP contribution in [0.2, 0.25) is 0 Å². The summed E-state index contributed by atoms with van der Waals surface area (Å²) in [5.74, 6) is 0. The van der Waals surface area contributed by atoms with Gasteiger partial charge < -0.3 is 0 Å². The molecule has 0 spiro atoms. The van der Waals surface area contributed by atoms with Crippen LogP contribution < -0.4 is 0 Å². The van der Waals surface area contributed by atoms with Gasteiger partial charge >= 0.3 is 0 Å². The SMILES string of the molecule is O=S(=O)(N1CCCCCC1)N1CCN(Cc2ccncc2)CC1. The number of hydrogen-bond acceptors (Lipinski definition) is 4. The highest BCUT2D eigenvalue weighted by Gasteiger charge is 2.32. The predicted molar refractivity (Wildman–Crippen MR) is 90.0 cm³/mol. The maximum absolute atomic E-state index is 12.8. The van der Waals surface area contributed by atoms with E-state index in [1.165, 1.54) is 5.56 Å². The molecule has 0 radical (unpaired) electrons. The smallest absolute Gasteiger partial charge is 0.282 e. The molecule has 0 N–H and O–H groups in total. The Morgan fingerprint density at radius 1 is 0.826 bits per heavy atom. The summed E-state index contributed by atoms with van der Waals surface area (Å²) >= 11 is 0. The third kappa shape index (κ3) is 4.29. The molecule has 7 heteroatoms. The molecule has 23 heavy (non-hydrogen) atoms. The minimum Gasteiger partial charge on any atom is -0.296 e. The molecular formula is C16H26N4O2S. The largest absolute Gasteiger partial charge is 0.296 e. The summed E-state index contributed by atoms with van der Waals surface area (Å²) < 4.78 is 28.9. The van der Waals surface area contributed by atoms with Crippen molar-refractivity contribution in [3.63, 3.8) is 0 Å². The summed E-state index contributed by atoms with van der Waals surface area (Å²) in [6.45, 7) is 4.97. The number of piperazine rings is 1. The van der Waals surface area contributed by atoms with Gasteiger partial charge in [0.2, 0.25) is 0 Å². The van der Waals surface area contributed by atoms with Crippen LogP contribution in [0.3, 0.4) is 0 Å². The lowest BCUT2D eigenvalue weighted by Gasteiger charge is -2.36. The van der Waals surface area contributed by atoms with Gasteiger partial charge in [0, 0.05) is 58.2 Å². The molecule has 1 aromatic heterocycles. The second-order valence-corrected chi connectivity index (χ2v) is 8.28. The van der Waals surface area contributed by atoms with E-state index in [0.29, 0.717) is 26.2 Å². The number of rotatable bonds is 4. The molecule has 0 aliphatic carbocycles. The first-order valence-corrected chi connectivity index (χ1v) is 9.92. The zero-order valence-electron chi connectivity index (χ0n) is 13.6. The molecule has 128 valence electrons. The third-order valence-electron chi connectivity index (χ3n) is 4.70. The van der Waals surface area contributed by atoms with Gasteiger partial charge in [-0.25, -0.2) is 0 Å². The van der Waals surface area contributed by atoms with Crippen LogP contribution in [0, 0.1) is 0 Å². The molecule has 0 amide bonds. The van der Waals surface area contributed by atoms with Crippen molar-refractivity contribution in [2.45, 2.75) is 32.2 Å². The number of pyridine rings is 1. The van der Waals surface area contributed by atoms with E-state index < -0.39 is 10.2 Å². The van der Waals surface area contributed by atoms with Gasteiger partial charge in [0.25, 0.3) is 10.2 Å². The van der Waals surface area contributed by atoms with Crippen LogP contribution in [-0.2, 0) is 16.8 Å². The van der Waals surface area contributed by atoms with Gasteiger partial charge in [-0.05, 0) is 30.5 Å². The Labute approximate surface area is 139 Å². The maximum atomic E-state index is 12.8. The minimum absolute atomic E-state index is 0.587. The van der Waals surface area contributed by atoms with E-state index in [-0.39, 0.29) is 0 Å². The van der Waals surface area contributed by atoms with Gasteiger partial charge in [-0.15, -0.1) is 0 Å². The van der Waals surface area contributed by atoms with E-state index in [1.807, 2.05) is 12.1 Å². The summed E-state index contributed by atoms with van der Waals surface area (Å²) in [5.41, 5.74) is 1.23. The van der Waals surface area contributed by atoms with Crippen molar-refractivity contribution in [3.05, 3.63) is 30.1 Å². The summed E-state index contributed by atoms with van der Waals surface area (Å²) in [6.07, 6.45) is 7.87. The Morgan fingerprint density at radius 2 is 1.39 bits per heavy atom. The van der Waals surface area contributed by atoms with Crippen LogP contribution in [0.1, 0.15) is 31.2 Å². The Balaban J connectivity index is 1.55. The van der Waals surface area contributed by atoms with Crippen LogP contribution in [-0.4, -0.2) is 66.2 Å². The fourth-order valence-corrected chi connectivity index (χ4v) is 4.97. The molecule has 0 bridgehead atoms. The molecule has 0 aromatic carbocycles. The van der Waals surface area contributed by atoms with Crippen molar-refractivity contribution < 1.29 is 8.42 Å². The van der Waals surface area contributed by atoms with Gasteiger partial charge in [0.05, 0.1) is 0 Å². The molecule has 2 fully saturated rings. The normalized spacial score (nSPS) is 22.8. The molecule has 0 atom stereocenters. The Morgan fingerprint density at radius 3 is 2.00 bits per heavy atom. The van der Waals surface area contributed by atoms with Crippen LogP contribution in [0.25, 0.3) is 0 Å². The summed E-state index contributed by atoms with van der Waals surface area (Å²) in [4.78, 5) is 6.34. The zero-order chi connectivity index (χ0) is 16.1. The van der Waals surface area contributed by atoms with Crippen LogP contribution >= 0.6 is 0 Å². The monoisotopic (exact) mass is 338 g/mol. The molecule has 2 aliphatic heterocycles. The second-order valence-electron chi connectivity index (χ2n) is 6.35. The van der Waals surface area contributed by atoms with Crippen molar-refractivity contribution in [2.75, 3.05) is 39.3 Å². The first-order chi connectivity index (χ1) is 11.2. The first kappa shape index (κ1) is 16.8. The van der Waals surface area contributed by atoms with Gasteiger partial charge in [0.15, 0.2) is 0 Å². The van der Waals surface area contributed by atoms with E-state index in [9.17, 15) is 8.42 Å². The lowest BCUT2D eigenvalue weighted by Crippen LogP contribution is -2.52. The average molecular weight is 338 g/mol. The summed E-state index contributed by atoms with van der Waals surface area (Å²) in [7, 11) is -3.27. The summed E-state index contributed by atoms with van der Waals surface area (Å²) in [5, 5.41) is 0. The van der Waals surface area contributed by atoms with Crippen molar-refractivity contribution in [2.24, 2.45) is 0 Å². The highest BCUT2D eigenvalue weighted by atomic mass is 32.2. The highest BCUT2D eigenvalue weighted by molar-refractivity contribution is 7.86. The molecule has 0 saturated carbocycles. The Bertz CT molecular complexity index is 577. The fraction of sp³-hybridized carbons (Fsp3) is 0.688. The van der Waals surface area contributed by atoms with Gasteiger partial charge in [-0.3, -0.25) is 9.88 Å². The number of hydrogen-bond donors (Lipinski definition) is 0. The average Bonchev–Trinajstić information content (AvgIpc) is 2.86. The molecule has 0 unspecified atom stereocenters. The Hall–Kier alpha value is -1.02. The van der Waals surface area contributed by atoms with E-state index >= 15 is 0 Å². The van der Waals surface area contributed by atoms with Gasteiger partial charge in [-0.1, -0.05) is 12.8 Å². The van der Waals surface area contributed by atoms with E-state index in [0.717, 1.165) is 45.3 Å². The standard InChI is InChI=1S/C16H26N4O2S/c21-23(22,19-9-3-1-2-4-10-19)20-13-11-18(12-14-20)15-16-5-7-17-8-6-16/h5-8H,1-4,9-15H2. The lowest BCUT2D eigenvalue weighted by atomic mass is 10.2. The van der Waals surface area contributed by atoms with Gasteiger partial charge in [-0.2, -0.15) is 17.0 Å². The topological polar surface area (TPSA) is 56.8 Å². The lowest BCUT2D eigenvalue weighted by molar-refractivity contribution is 0.175. The Kier molecular flexibility index (Phi) is 5.63. The predicted octanol–water partition coefficient (Wildman–Crippen LogP) is 1.32. The molecular weight excluding hydrogens is 312 g/mol. The molecule has 3 heterocycles. The third-order valence-corrected chi connectivity index (χ3v) is 6.74. The van der Waals surface area contributed by atoms with Crippen molar-refractivity contribution in [3.8, 4) is 0 Å². The van der Waals surface area contributed by atoms with E-state index in [4.69, 9.17) is 0 Å². The van der Waals surface area contributed by atoms with Crippen LogP contribution in [0.15, 0.2) is 24.5 Å². The van der Waals surface area contributed by atoms with Gasteiger partial charge in [0.1, 0.15) is 0 Å².